The molecule has 11 nitrogen and oxygen atoms in total. The molecule has 0 saturated carbocycles. The largest absolute Gasteiger partial charge is 0.273 e. The number of nitro groups is 2. The molecule has 0 aromatic heterocycles. The van der Waals surface area contributed by atoms with E-state index in [0.29, 0.717) is 11.3 Å². The lowest BCUT2D eigenvalue weighted by Crippen LogP contribution is -2.37. The monoisotopic (exact) mass is 460 g/mol. The summed E-state index contributed by atoms with van der Waals surface area (Å²) in [5.74, 6) is -2.06. The number of nitro benzene ring substituents is 2. The van der Waals surface area contributed by atoms with Crippen LogP contribution < -0.4 is 9.96 Å². The lowest BCUT2D eigenvalue weighted by Gasteiger charge is -2.28. The van der Waals surface area contributed by atoms with Gasteiger partial charge in [-0.25, -0.2) is 9.96 Å². The van der Waals surface area contributed by atoms with Crippen LogP contribution in [0, 0.1) is 26.1 Å². The third-order valence-electron chi connectivity index (χ3n) is 5.87. The van der Waals surface area contributed by atoms with Crippen LogP contribution in [0.3, 0.4) is 0 Å². The van der Waals surface area contributed by atoms with Crippen LogP contribution in [0.15, 0.2) is 78.9 Å². The fraction of sp³-hybridized carbons (Fsp3) is 0.130. The van der Waals surface area contributed by atoms with Crippen LogP contribution in [0.2, 0.25) is 0 Å². The van der Waals surface area contributed by atoms with E-state index < -0.39 is 39.7 Å². The first-order chi connectivity index (χ1) is 16.4. The Bertz CT molecular complexity index is 1310. The van der Waals surface area contributed by atoms with Gasteiger partial charge in [-0.2, -0.15) is 0 Å². The van der Waals surface area contributed by atoms with Gasteiger partial charge in [0.05, 0.1) is 27.3 Å². The van der Waals surface area contributed by atoms with Crippen molar-refractivity contribution in [3.63, 3.8) is 0 Å². The second-order valence-electron chi connectivity index (χ2n) is 7.80. The van der Waals surface area contributed by atoms with Crippen molar-refractivity contribution in [2.45, 2.75) is 12.1 Å². The number of carbonyl (C=O) groups excluding carboxylic acids is 2. The van der Waals surface area contributed by atoms with Crippen molar-refractivity contribution in [1.29, 1.82) is 0 Å². The molecular formula is C23H16N4O7. The molecule has 3 aromatic carbocycles. The molecule has 0 N–H and O–H groups in total. The van der Waals surface area contributed by atoms with Gasteiger partial charge in [-0.3, -0.25) is 34.7 Å². The van der Waals surface area contributed by atoms with Crippen LogP contribution in [-0.2, 0) is 14.4 Å². The highest BCUT2D eigenvalue weighted by atomic mass is 16.7. The predicted molar refractivity (Wildman–Crippen MR) is 119 cm³/mol. The van der Waals surface area contributed by atoms with E-state index in [1.54, 1.807) is 36.4 Å². The summed E-state index contributed by atoms with van der Waals surface area (Å²) in [4.78, 5) is 54.8. The number of benzene rings is 3. The van der Waals surface area contributed by atoms with Gasteiger partial charge in [-0.15, -0.1) is 0 Å². The van der Waals surface area contributed by atoms with E-state index >= 15 is 0 Å². The Kier molecular flexibility index (Phi) is 5.02. The second kappa shape index (κ2) is 8.05. The van der Waals surface area contributed by atoms with Crippen LogP contribution in [0.4, 0.5) is 22.7 Å². The Morgan fingerprint density at radius 2 is 1.41 bits per heavy atom. The normalized spacial score (nSPS) is 21.6. The van der Waals surface area contributed by atoms with E-state index in [9.17, 15) is 29.8 Å². The second-order valence-corrected chi connectivity index (χ2v) is 7.80. The quantitative estimate of drug-likeness (QED) is 0.320. The van der Waals surface area contributed by atoms with Gasteiger partial charge < -0.3 is 0 Å². The minimum atomic E-state index is -1.16. The SMILES string of the molecule is O=C1[C@H]2[C@@H](ON(c3cccc([N+](=O)[O-])c3)[C@H]2c2ccccc2)C(=O)N1c1ccc([N+](=O)[O-])cc1. The molecule has 2 amide bonds. The van der Waals surface area contributed by atoms with Crippen molar-refractivity contribution >= 4 is 34.6 Å². The summed E-state index contributed by atoms with van der Waals surface area (Å²) in [6.45, 7) is 0. The van der Waals surface area contributed by atoms with E-state index in [1.807, 2.05) is 0 Å². The van der Waals surface area contributed by atoms with E-state index in [0.717, 1.165) is 4.90 Å². The zero-order valence-corrected chi connectivity index (χ0v) is 17.4. The smallest absolute Gasteiger partial charge is 0.271 e. The molecule has 0 aliphatic carbocycles. The standard InChI is InChI=1S/C23H16N4O7/c28-22-19-20(14-5-2-1-3-6-14)25(17-7-4-8-18(13-17)27(32)33)34-21(19)23(29)24(22)15-9-11-16(12-10-15)26(30)31/h1-13,19-21H/t19-,20+,21-/m1/s1. The zero-order valence-electron chi connectivity index (χ0n) is 17.4. The molecule has 0 spiro atoms. The summed E-state index contributed by atoms with van der Waals surface area (Å²) in [7, 11) is 0. The number of anilines is 2. The minimum absolute atomic E-state index is 0.157. The molecule has 2 fully saturated rings. The average Bonchev–Trinajstić information content (AvgIpc) is 3.35. The summed E-state index contributed by atoms with van der Waals surface area (Å²) >= 11 is 0. The number of fused-ring (bicyclic) bond motifs is 1. The Morgan fingerprint density at radius 1 is 0.735 bits per heavy atom. The van der Waals surface area contributed by atoms with Gasteiger partial charge in [0.15, 0.2) is 6.10 Å². The summed E-state index contributed by atoms with van der Waals surface area (Å²) in [6, 6.07) is 19.1. The average molecular weight is 460 g/mol. The molecule has 2 heterocycles. The lowest BCUT2D eigenvalue weighted by atomic mass is 9.90. The van der Waals surface area contributed by atoms with Crippen molar-refractivity contribution in [3.05, 3.63) is 105 Å². The molecule has 2 saturated heterocycles. The minimum Gasteiger partial charge on any atom is -0.273 e. The number of imide groups is 1. The van der Waals surface area contributed by atoms with E-state index in [-0.39, 0.29) is 17.1 Å². The zero-order chi connectivity index (χ0) is 24.0. The third-order valence-corrected chi connectivity index (χ3v) is 5.87. The molecule has 2 aliphatic rings. The summed E-state index contributed by atoms with van der Waals surface area (Å²) in [5, 5.41) is 23.6. The van der Waals surface area contributed by atoms with Gasteiger partial charge in [0.25, 0.3) is 17.3 Å². The highest BCUT2D eigenvalue weighted by Gasteiger charge is 2.60. The molecular weight excluding hydrogens is 444 g/mol. The highest BCUT2D eigenvalue weighted by molar-refractivity contribution is 6.24. The maximum Gasteiger partial charge on any atom is 0.271 e. The molecule has 0 unspecified atom stereocenters. The van der Waals surface area contributed by atoms with Crippen molar-refractivity contribution < 1.29 is 24.3 Å². The predicted octanol–water partition coefficient (Wildman–Crippen LogP) is 3.55. The maximum atomic E-state index is 13.5. The number of carbonyl (C=O) groups is 2. The van der Waals surface area contributed by atoms with Gasteiger partial charge in [-0.1, -0.05) is 36.4 Å². The van der Waals surface area contributed by atoms with Crippen molar-refractivity contribution in [3.8, 4) is 0 Å². The number of rotatable bonds is 5. The Hall–Kier alpha value is -4.64. The molecule has 2 aliphatic heterocycles. The molecule has 0 radical (unpaired) electrons. The molecule has 3 atom stereocenters. The number of hydrogen-bond acceptors (Lipinski definition) is 8. The number of hydroxylamine groups is 1. The summed E-state index contributed by atoms with van der Waals surface area (Å²) < 4.78 is 0. The van der Waals surface area contributed by atoms with Gasteiger partial charge in [0, 0.05) is 24.3 Å². The molecule has 3 aromatic rings. The summed E-state index contributed by atoms with van der Waals surface area (Å²) in [6.07, 6.45) is -1.16. The van der Waals surface area contributed by atoms with Gasteiger partial charge >= 0.3 is 0 Å². The Labute approximate surface area is 192 Å². The van der Waals surface area contributed by atoms with Gasteiger partial charge in [0.2, 0.25) is 5.91 Å². The topological polar surface area (TPSA) is 136 Å². The first-order valence-corrected chi connectivity index (χ1v) is 10.2. The van der Waals surface area contributed by atoms with Crippen LogP contribution in [0.25, 0.3) is 0 Å². The lowest BCUT2D eigenvalue weighted by molar-refractivity contribution is -0.385. The Morgan fingerprint density at radius 3 is 2.06 bits per heavy atom. The van der Waals surface area contributed by atoms with Crippen molar-refractivity contribution in [1.82, 2.24) is 0 Å². The molecule has 11 heteroatoms. The molecule has 5 rings (SSSR count). The molecule has 0 bridgehead atoms. The van der Waals surface area contributed by atoms with E-state index in [2.05, 4.69) is 0 Å². The van der Waals surface area contributed by atoms with Crippen LogP contribution in [-0.4, -0.2) is 27.8 Å². The number of non-ortho nitro benzene ring substituents is 2. The van der Waals surface area contributed by atoms with Crippen LogP contribution in [0.1, 0.15) is 11.6 Å². The number of hydrogen-bond donors (Lipinski definition) is 0. The van der Waals surface area contributed by atoms with Crippen molar-refractivity contribution in [2.24, 2.45) is 5.92 Å². The first-order valence-electron chi connectivity index (χ1n) is 10.2. The maximum absolute atomic E-state index is 13.5. The highest BCUT2D eigenvalue weighted by Crippen LogP contribution is 2.48. The first kappa shape index (κ1) is 21.2. The van der Waals surface area contributed by atoms with Gasteiger partial charge in [-0.05, 0) is 23.8 Å². The van der Waals surface area contributed by atoms with Crippen LogP contribution in [0.5, 0.6) is 0 Å². The number of nitrogens with zero attached hydrogens (tertiary/aromatic N) is 4. The van der Waals surface area contributed by atoms with Gasteiger partial charge in [0.1, 0.15) is 5.92 Å². The fourth-order valence-corrected chi connectivity index (χ4v) is 4.35. The van der Waals surface area contributed by atoms with E-state index in [1.165, 1.54) is 47.5 Å². The number of amides is 2. The molecule has 34 heavy (non-hydrogen) atoms. The summed E-state index contributed by atoms with van der Waals surface area (Å²) in [5.41, 5.74) is 0.897. The van der Waals surface area contributed by atoms with E-state index in [4.69, 9.17) is 4.84 Å². The third kappa shape index (κ3) is 3.35. The molecule has 170 valence electrons. The Balaban J connectivity index is 1.55. The fourth-order valence-electron chi connectivity index (χ4n) is 4.35. The van der Waals surface area contributed by atoms with Crippen LogP contribution >= 0.6 is 0 Å². The van der Waals surface area contributed by atoms with Crippen molar-refractivity contribution in [2.75, 3.05) is 9.96 Å².